The van der Waals surface area contributed by atoms with Crippen LogP contribution in [-0.4, -0.2) is 71.7 Å². The normalized spacial score (nSPS) is 20.8. The summed E-state index contributed by atoms with van der Waals surface area (Å²) in [5.74, 6) is -2.06. The number of benzene rings is 3. The summed E-state index contributed by atoms with van der Waals surface area (Å²) in [6.07, 6.45) is -0.535. The van der Waals surface area contributed by atoms with E-state index >= 15 is 0 Å². The van der Waals surface area contributed by atoms with Gasteiger partial charge in [0.15, 0.2) is 0 Å². The van der Waals surface area contributed by atoms with E-state index in [1.54, 1.807) is 13.2 Å². The number of nitrogens with one attached hydrogen (secondary N) is 2. The number of aromatic nitrogens is 2. The topological polar surface area (TPSA) is 117 Å². The van der Waals surface area contributed by atoms with E-state index in [1.165, 1.54) is 0 Å². The van der Waals surface area contributed by atoms with Gasteiger partial charge < -0.3 is 19.9 Å². The fraction of sp³-hybridized carbons (Fsp3) is 0.303. The third-order valence-electron chi connectivity index (χ3n) is 8.59. The Morgan fingerprint density at radius 3 is 2.59 bits per heavy atom. The number of methoxy groups -OCH3 is 1. The fourth-order valence-electron chi connectivity index (χ4n) is 6.07. The number of aromatic amines is 1. The molecule has 1 aliphatic carbocycles. The van der Waals surface area contributed by atoms with Gasteiger partial charge in [-0.3, -0.25) is 14.8 Å². The molecule has 1 aromatic heterocycles. The Kier molecular flexibility index (Phi) is 8.30. The van der Waals surface area contributed by atoms with Crippen molar-refractivity contribution >= 4 is 40.6 Å². The van der Waals surface area contributed by atoms with Gasteiger partial charge in [-0.2, -0.15) is 18.3 Å². The Morgan fingerprint density at radius 2 is 1.89 bits per heavy atom. The highest BCUT2D eigenvalue weighted by atomic mass is 19.4. The highest BCUT2D eigenvalue weighted by molar-refractivity contribution is 6.10. The Morgan fingerprint density at radius 1 is 1.13 bits per heavy atom. The Labute approximate surface area is 260 Å². The minimum Gasteiger partial charge on any atom is -0.497 e. The second kappa shape index (κ2) is 12.2. The van der Waals surface area contributed by atoms with Gasteiger partial charge in [-0.15, -0.1) is 0 Å². The van der Waals surface area contributed by atoms with Crippen LogP contribution in [0.1, 0.15) is 40.3 Å². The van der Waals surface area contributed by atoms with Crippen LogP contribution in [0.3, 0.4) is 0 Å². The number of carbonyl (C=O) groups is 2. The first-order valence-corrected chi connectivity index (χ1v) is 14.5. The molecule has 9 nitrogen and oxygen atoms in total. The van der Waals surface area contributed by atoms with E-state index in [-0.39, 0.29) is 17.6 Å². The molecule has 0 bridgehead atoms. The monoisotopic (exact) mass is 638 g/mol. The van der Waals surface area contributed by atoms with Crippen molar-refractivity contribution < 1.29 is 41.7 Å². The lowest BCUT2D eigenvalue weighted by atomic mass is 9.91. The van der Waals surface area contributed by atoms with E-state index in [4.69, 9.17) is 19.4 Å². The van der Waals surface area contributed by atoms with Gasteiger partial charge in [-0.05, 0) is 59.5 Å². The highest BCUT2D eigenvalue weighted by Crippen LogP contribution is 2.65. The number of hydrogen-bond donors (Lipinski definition) is 3. The molecule has 3 aliphatic rings. The number of morpholine rings is 1. The molecular weight excluding hydrogens is 608 g/mol. The van der Waals surface area contributed by atoms with Gasteiger partial charge in [-0.25, -0.2) is 9.18 Å². The van der Waals surface area contributed by atoms with Crippen molar-refractivity contribution in [3.63, 3.8) is 0 Å². The van der Waals surface area contributed by atoms with Crippen LogP contribution in [0.4, 0.5) is 23.2 Å². The SMILES string of the molecule is COc1ccc2c(c1)[C@]1(C[C@H]1c1ccc3c(C=Cc4ccc(CN5CCOCC5)c(F)c4)n[nH]c3c1)C(=O)N2.O=C(O)C(F)(F)F. The number of ether oxygens (including phenoxy) is 2. The van der Waals surface area contributed by atoms with Crippen molar-refractivity contribution in [2.45, 2.75) is 30.5 Å². The van der Waals surface area contributed by atoms with Crippen molar-refractivity contribution in [3.05, 3.63) is 88.4 Å². The van der Waals surface area contributed by atoms with Crippen LogP contribution in [0.2, 0.25) is 0 Å². The summed E-state index contributed by atoms with van der Waals surface area (Å²) < 4.78 is 57.3. The first kappa shape index (κ1) is 31.2. The summed E-state index contributed by atoms with van der Waals surface area (Å²) >= 11 is 0. The lowest BCUT2D eigenvalue weighted by molar-refractivity contribution is -0.192. The van der Waals surface area contributed by atoms with Crippen LogP contribution >= 0.6 is 0 Å². The number of carbonyl (C=O) groups excluding carboxylic acids is 1. The lowest BCUT2D eigenvalue weighted by Crippen LogP contribution is -2.35. The number of anilines is 1. The van der Waals surface area contributed by atoms with E-state index in [1.807, 2.05) is 48.6 Å². The number of carboxylic acid groups (broad SMARTS) is 1. The van der Waals surface area contributed by atoms with Gasteiger partial charge in [0.2, 0.25) is 5.91 Å². The zero-order chi connectivity index (χ0) is 32.6. The molecule has 2 fully saturated rings. The molecule has 46 heavy (non-hydrogen) atoms. The summed E-state index contributed by atoms with van der Waals surface area (Å²) in [5, 5.41) is 18.8. The smallest absolute Gasteiger partial charge is 0.490 e. The number of carboxylic acids is 1. The number of nitrogens with zero attached hydrogens (tertiary/aromatic N) is 2. The maximum Gasteiger partial charge on any atom is 0.490 e. The maximum atomic E-state index is 14.8. The quantitative estimate of drug-likeness (QED) is 0.231. The predicted molar refractivity (Wildman–Crippen MR) is 162 cm³/mol. The first-order valence-electron chi connectivity index (χ1n) is 14.5. The number of aliphatic carboxylic acids is 1. The molecule has 1 spiro atoms. The molecule has 1 saturated carbocycles. The number of fused-ring (bicyclic) bond motifs is 3. The van der Waals surface area contributed by atoms with Crippen molar-refractivity contribution in [1.82, 2.24) is 15.1 Å². The van der Waals surface area contributed by atoms with Gasteiger partial charge in [0.1, 0.15) is 11.6 Å². The average Bonchev–Trinajstić information content (AvgIpc) is 3.58. The van der Waals surface area contributed by atoms with E-state index in [2.05, 4.69) is 32.5 Å². The van der Waals surface area contributed by atoms with Crippen LogP contribution in [0, 0.1) is 5.82 Å². The molecule has 1 saturated heterocycles. The molecule has 1 amide bonds. The molecule has 2 aliphatic heterocycles. The lowest BCUT2D eigenvalue weighted by Gasteiger charge is -2.26. The molecule has 240 valence electrons. The maximum absolute atomic E-state index is 14.8. The molecule has 4 aromatic rings. The zero-order valence-corrected chi connectivity index (χ0v) is 24.7. The minimum atomic E-state index is -5.08. The number of rotatable bonds is 6. The van der Waals surface area contributed by atoms with Crippen LogP contribution in [0.5, 0.6) is 5.75 Å². The molecule has 3 aromatic carbocycles. The highest BCUT2D eigenvalue weighted by Gasteiger charge is 2.65. The van der Waals surface area contributed by atoms with E-state index < -0.39 is 17.6 Å². The van der Waals surface area contributed by atoms with E-state index in [0.717, 1.165) is 64.2 Å². The van der Waals surface area contributed by atoms with Crippen molar-refractivity contribution in [3.8, 4) is 5.75 Å². The Bertz CT molecular complexity index is 1830. The van der Waals surface area contributed by atoms with Crippen LogP contribution in [0.25, 0.3) is 23.1 Å². The van der Waals surface area contributed by atoms with Crippen LogP contribution in [0.15, 0.2) is 54.6 Å². The largest absolute Gasteiger partial charge is 0.497 e. The Balaban J connectivity index is 0.000000480. The fourth-order valence-corrected chi connectivity index (χ4v) is 6.07. The van der Waals surface area contributed by atoms with Gasteiger partial charge in [0.25, 0.3) is 0 Å². The standard InChI is InChI=1S/C31H29FN4O3.C2HF3O2/c1-38-22-6-9-28-24(16-22)31(30(37)33-28)17-25(31)20-5-7-23-27(34-35-29(23)15-20)8-3-19-2-4-21(26(32)14-19)18-36-10-12-39-13-11-36;3-2(4,5)1(6)7/h2-9,14-16,25H,10-13,17-18H2,1H3,(H,33,37)(H,34,35);(H,6,7)/t25-,31-;/m0./s1. The summed E-state index contributed by atoms with van der Waals surface area (Å²) in [6.45, 7) is 3.63. The molecule has 0 radical (unpaired) electrons. The summed E-state index contributed by atoms with van der Waals surface area (Å²) in [7, 11) is 1.64. The molecule has 7 rings (SSSR count). The third-order valence-corrected chi connectivity index (χ3v) is 8.59. The van der Waals surface area contributed by atoms with Crippen molar-refractivity contribution in [1.29, 1.82) is 0 Å². The van der Waals surface area contributed by atoms with Gasteiger partial charge >= 0.3 is 12.1 Å². The molecule has 0 unspecified atom stereocenters. The van der Waals surface area contributed by atoms with Gasteiger partial charge in [0.05, 0.1) is 36.9 Å². The van der Waals surface area contributed by atoms with Crippen molar-refractivity contribution in [2.75, 3.05) is 38.7 Å². The molecule has 3 N–H and O–H groups in total. The number of alkyl halides is 3. The van der Waals surface area contributed by atoms with E-state index in [9.17, 15) is 22.4 Å². The van der Waals surface area contributed by atoms with Gasteiger partial charge in [0, 0.05) is 42.2 Å². The van der Waals surface area contributed by atoms with Crippen molar-refractivity contribution in [2.24, 2.45) is 0 Å². The summed E-state index contributed by atoms with van der Waals surface area (Å²) in [6, 6.07) is 17.3. The number of amides is 1. The van der Waals surface area contributed by atoms with Crippen LogP contribution < -0.4 is 10.1 Å². The predicted octanol–water partition coefficient (Wildman–Crippen LogP) is 5.72. The minimum absolute atomic E-state index is 0.0484. The third kappa shape index (κ3) is 6.07. The van der Waals surface area contributed by atoms with Crippen LogP contribution in [-0.2, 0) is 26.3 Å². The van der Waals surface area contributed by atoms with E-state index in [0.29, 0.717) is 25.3 Å². The molecule has 13 heteroatoms. The molecule has 3 heterocycles. The molecule has 2 atom stereocenters. The molecular formula is C33H30F4N4O5. The number of halogens is 4. The number of hydrogen-bond acceptors (Lipinski definition) is 6. The number of H-pyrrole nitrogens is 1. The second-order valence-corrected chi connectivity index (χ2v) is 11.4. The summed E-state index contributed by atoms with van der Waals surface area (Å²) in [5.41, 5.74) is 5.61. The first-order chi connectivity index (χ1) is 22.0. The second-order valence-electron chi connectivity index (χ2n) is 11.4. The van der Waals surface area contributed by atoms with Gasteiger partial charge in [-0.1, -0.05) is 30.3 Å². The zero-order valence-electron chi connectivity index (χ0n) is 24.7. The summed E-state index contributed by atoms with van der Waals surface area (Å²) in [4.78, 5) is 24.1. The average molecular weight is 639 g/mol. The Hall–Kier alpha value is -4.75.